The Morgan fingerprint density at radius 3 is 1.09 bits per heavy atom. The molecular formula is C10H22Zn. The Bertz CT molecular complexity index is 25.9. The summed E-state index contributed by atoms with van der Waals surface area (Å²) in [5.74, 6) is 0. The molecule has 0 heterocycles. The Hall–Kier alpha value is 0.623. The molecule has 0 amide bonds. The first kappa shape index (κ1) is 17.6. The van der Waals surface area contributed by atoms with Gasteiger partial charge in [-0.15, -0.1) is 0 Å². The van der Waals surface area contributed by atoms with Gasteiger partial charge in [-0.1, -0.05) is 39.5 Å². The standard InChI is InChI=1S/2C5H11.Zn/c2*1-3-5-4-2;/h2*1,3-5H2,2H3;/q2*-1;+2. The van der Waals surface area contributed by atoms with Crippen LogP contribution in [0.4, 0.5) is 0 Å². The molecule has 1 heteroatoms. The molecule has 64 valence electrons. The summed E-state index contributed by atoms with van der Waals surface area (Å²) in [5, 5.41) is 0. The van der Waals surface area contributed by atoms with Gasteiger partial charge in [0.05, 0.1) is 0 Å². The predicted molar refractivity (Wildman–Crippen MR) is 49.8 cm³/mol. The summed E-state index contributed by atoms with van der Waals surface area (Å²) in [6.45, 7) is 11.7. The van der Waals surface area contributed by atoms with Crippen LogP contribution >= 0.6 is 0 Å². The predicted octanol–water partition coefficient (Wildman–Crippen LogP) is 4.02. The van der Waals surface area contributed by atoms with Gasteiger partial charge in [-0.2, -0.15) is 12.8 Å². The summed E-state index contributed by atoms with van der Waals surface area (Å²) in [5.41, 5.74) is 0. The van der Waals surface area contributed by atoms with Crippen molar-refractivity contribution in [2.45, 2.75) is 52.4 Å². The van der Waals surface area contributed by atoms with Crippen molar-refractivity contribution in [1.29, 1.82) is 0 Å². The van der Waals surface area contributed by atoms with Gasteiger partial charge in [0.1, 0.15) is 0 Å². The van der Waals surface area contributed by atoms with Crippen molar-refractivity contribution >= 4 is 0 Å². The van der Waals surface area contributed by atoms with E-state index in [0.29, 0.717) is 0 Å². The molecule has 0 aliphatic carbocycles. The molecule has 0 aliphatic rings. The molecule has 0 saturated carbocycles. The fourth-order valence-electron chi connectivity index (χ4n) is 0.500. The Morgan fingerprint density at radius 2 is 1.09 bits per heavy atom. The Morgan fingerprint density at radius 1 is 0.818 bits per heavy atom. The van der Waals surface area contributed by atoms with Crippen molar-refractivity contribution in [3.63, 3.8) is 0 Å². The second-order valence-electron chi connectivity index (χ2n) is 2.41. The summed E-state index contributed by atoms with van der Waals surface area (Å²) >= 11 is 0. The number of hydrogen-bond acceptors (Lipinski definition) is 0. The molecule has 0 aromatic carbocycles. The molecule has 0 rings (SSSR count). The second-order valence-corrected chi connectivity index (χ2v) is 2.41. The van der Waals surface area contributed by atoms with Crippen molar-refractivity contribution in [1.82, 2.24) is 0 Å². The first-order valence-electron chi connectivity index (χ1n) is 4.41. The summed E-state index contributed by atoms with van der Waals surface area (Å²) in [4.78, 5) is 0. The summed E-state index contributed by atoms with van der Waals surface area (Å²) in [7, 11) is 0. The van der Waals surface area contributed by atoms with E-state index in [1.165, 1.54) is 25.7 Å². The van der Waals surface area contributed by atoms with Gasteiger partial charge < -0.3 is 13.8 Å². The summed E-state index contributed by atoms with van der Waals surface area (Å²) < 4.78 is 0. The molecule has 0 bridgehead atoms. The maximum Gasteiger partial charge on any atom is 2.00 e. The van der Waals surface area contributed by atoms with Crippen LogP contribution in [0, 0.1) is 13.8 Å². The normalized spacial score (nSPS) is 7.64. The van der Waals surface area contributed by atoms with Crippen molar-refractivity contribution in [3.05, 3.63) is 13.8 Å². The van der Waals surface area contributed by atoms with Crippen LogP contribution < -0.4 is 0 Å². The van der Waals surface area contributed by atoms with E-state index in [2.05, 4.69) is 27.7 Å². The van der Waals surface area contributed by atoms with Gasteiger partial charge >= 0.3 is 19.5 Å². The van der Waals surface area contributed by atoms with E-state index in [4.69, 9.17) is 0 Å². The minimum atomic E-state index is 0. The maximum atomic E-state index is 3.68. The molecular weight excluding hydrogens is 185 g/mol. The van der Waals surface area contributed by atoms with Gasteiger partial charge in [-0.05, 0) is 0 Å². The van der Waals surface area contributed by atoms with Crippen LogP contribution in [-0.2, 0) is 19.5 Å². The minimum Gasteiger partial charge on any atom is -0.343 e. The Kier molecular flexibility index (Phi) is 36.0. The van der Waals surface area contributed by atoms with Crippen LogP contribution in [-0.4, -0.2) is 0 Å². The minimum absolute atomic E-state index is 0. The third-order valence-corrected chi connectivity index (χ3v) is 1.21. The first-order valence-corrected chi connectivity index (χ1v) is 4.41. The molecule has 0 nitrogen and oxygen atoms in total. The smallest absolute Gasteiger partial charge is 0.343 e. The van der Waals surface area contributed by atoms with Crippen molar-refractivity contribution in [2.75, 3.05) is 0 Å². The topological polar surface area (TPSA) is 0 Å². The van der Waals surface area contributed by atoms with Crippen LogP contribution in [0.2, 0.25) is 0 Å². The maximum absolute atomic E-state index is 3.68. The molecule has 0 radical (unpaired) electrons. The number of unbranched alkanes of at least 4 members (excludes halogenated alkanes) is 4. The van der Waals surface area contributed by atoms with Crippen molar-refractivity contribution in [3.8, 4) is 0 Å². The van der Waals surface area contributed by atoms with Gasteiger partial charge in [0, 0.05) is 0 Å². The molecule has 0 atom stereocenters. The molecule has 0 aromatic rings. The van der Waals surface area contributed by atoms with Gasteiger partial charge in [-0.25, -0.2) is 0 Å². The SMILES string of the molecule is [CH2-]CCCC.[CH2-]CCCC.[Zn+2]. The zero-order valence-corrected chi connectivity index (χ0v) is 11.3. The Labute approximate surface area is 85.9 Å². The van der Waals surface area contributed by atoms with E-state index >= 15 is 0 Å². The molecule has 0 fully saturated rings. The van der Waals surface area contributed by atoms with Crippen LogP contribution in [0.15, 0.2) is 0 Å². The fraction of sp³-hybridized carbons (Fsp3) is 0.800. The van der Waals surface area contributed by atoms with Crippen molar-refractivity contribution in [2.24, 2.45) is 0 Å². The number of rotatable bonds is 4. The first-order chi connectivity index (χ1) is 4.83. The van der Waals surface area contributed by atoms with Gasteiger partial charge in [0.15, 0.2) is 0 Å². The zero-order chi connectivity index (χ0) is 8.24. The Balaban J connectivity index is -0.000000107. The van der Waals surface area contributed by atoms with Crippen LogP contribution in [0.5, 0.6) is 0 Å². The largest absolute Gasteiger partial charge is 2.00 e. The molecule has 0 spiro atoms. The average molecular weight is 208 g/mol. The van der Waals surface area contributed by atoms with E-state index in [1.807, 2.05) is 0 Å². The summed E-state index contributed by atoms with van der Waals surface area (Å²) in [6.07, 6.45) is 7.31. The van der Waals surface area contributed by atoms with Crippen LogP contribution in [0.3, 0.4) is 0 Å². The quantitative estimate of drug-likeness (QED) is 0.483. The average Bonchev–Trinajstić information content (AvgIpc) is 1.93. The third-order valence-electron chi connectivity index (χ3n) is 1.21. The second kappa shape index (κ2) is 22.4. The molecule has 0 unspecified atom stereocenters. The molecule has 0 aromatic heterocycles. The van der Waals surface area contributed by atoms with E-state index in [1.54, 1.807) is 0 Å². The molecule has 11 heavy (non-hydrogen) atoms. The molecule has 0 saturated heterocycles. The van der Waals surface area contributed by atoms with Crippen LogP contribution in [0.25, 0.3) is 0 Å². The molecule has 0 aliphatic heterocycles. The van der Waals surface area contributed by atoms with Gasteiger partial charge in [-0.3, -0.25) is 0 Å². The van der Waals surface area contributed by atoms with Crippen molar-refractivity contribution < 1.29 is 19.5 Å². The fourth-order valence-corrected chi connectivity index (χ4v) is 0.500. The monoisotopic (exact) mass is 206 g/mol. The van der Waals surface area contributed by atoms with Crippen LogP contribution in [0.1, 0.15) is 52.4 Å². The van der Waals surface area contributed by atoms with E-state index in [9.17, 15) is 0 Å². The zero-order valence-electron chi connectivity index (χ0n) is 8.36. The van der Waals surface area contributed by atoms with Gasteiger partial charge in [0.2, 0.25) is 0 Å². The summed E-state index contributed by atoms with van der Waals surface area (Å²) in [6, 6.07) is 0. The third kappa shape index (κ3) is 37.0. The number of hydrogen-bond donors (Lipinski definition) is 0. The van der Waals surface area contributed by atoms with Gasteiger partial charge in [0.25, 0.3) is 0 Å². The van der Waals surface area contributed by atoms with E-state index in [0.717, 1.165) is 12.8 Å². The molecule has 0 N–H and O–H groups in total. The van der Waals surface area contributed by atoms with E-state index in [-0.39, 0.29) is 19.5 Å². The van der Waals surface area contributed by atoms with E-state index < -0.39 is 0 Å².